The minimum Gasteiger partial charge on any atom is -0.494 e. The lowest BCUT2D eigenvalue weighted by molar-refractivity contribution is -0.136. The largest absolute Gasteiger partial charge is 0.494 e. The van der Waals surface area contributed by atoms with Crippen molar-refractivity contribution in [2.24, 2.45) is 0 Å². The molecular formula is C19H23N3O5. The fourth-order valence-electron chi connectivity index (χ4n) is 3.12. The number of hydrogen-bond acceptors (Lipinski definition) is 5. The van der Waals surface area contributed by atoms with Gasteiger partial charge in [-0.3, -0.25) is 9.69 Å². The highest BCUT2D eigenvalue weighted by Crippen LogP contribution is 2.35. The van der Waals surface area contributed by atoms with Crippen molar-refractivity contribution in [3.63, 3.8) is 0 Å². The Morgan fingerprint density at radius 1 is 1.30 bits per heavy atom. The Bertz CT molecular complexity index is 772. The minimum atomic E-state index is -0.617. The summed E-state index contributed by atoms with van der Waals surface area (Å²) in [4.78, 5) is 38.2. The molecule has 3 rings (SSSR count). The molecule has 3 amide bonds. The highest BCUT2D eigenvalue weighted by atomic mass is 16.5. The normalized spacial score (nSPS) is 18.7. The summed E-state index contributed by atoms with van der Waals surface area (Å²) in [5, 5.41) is 5.53. The Labute approximate surface area is 157 Å². The molecule has 2 heterocycles. The number of urea groups is 1. The quantitative estimate of drug-likeness (QED) is 0.706. The fourth-order valence-corrected chi connectivity index (χ4v) is 3.12. The van der Waals surface area contributed by atoms with Crippen LogP contribution in [0.25, 0.3) is 0 Å². The molecule has 2 aliphatic rings. The Kier molecular flexibility index (Phi) is 5.63. The summed E-state index contributed by atoms with van der Waals surface area (Å²) < 4.78 is 10.6. The summed E-state index contributed by atoms with van der Waals surface area (Å²) in [7, 11) is 0. The van der Waals surface area contributed by atoms with E-state index in [2.05, 4.69) is 10.6 Å². The van der Waals surface area contributed by atoms with Gasteiger partial charge in [0.25, 0.3) is 0 Å². The van der Waals surface area contributed by atoms with Gasteiger partial charge in [0.15, 0.2) is 0 Å². The predicted octanol–water partition coefficient (Wildman–Crippen LogP) is 1.49. The third-order valence-electron chi connectivity index (χ3n) is 4.40. The summed E-state index contributed by atoms with van der Waals surface area (Å²) >= 11 is 0. The zero-order valence-corrected chi connectivity index (χ0v) is 15.4. The van der Waals surface area contributed by atoms with Gasteiger partial charge in [-0.15, -0.1) is 0 Å². The van der Waals surface area contributed by atoms with Crippen molar-refractivity contribution in [1.29, 1.82) is 0 Å². The van der Waals surface area contributed by atoms with E-state index in [-0.39, 0.29) is 19.1 Å². The van der Waals surface area contributed by atoms with Crippen LogP contribution in [0.15, 0.2) is 35.5 Å². The number of nitrogens with one attached hydrogen (secondary N) is 2. The fraction of sp³-hybridized carbons (Fsp3) is 0.421. The maximum atomic E-state index is 12.6. The lowest BCUT2D eigenvalue weighted by Gasteiger charge is -2.32. The molecule has 0 saturated heterocycles. The van der Waals surface area contributed by atoms with E-state index < -0.39 is 18.0 Å². The summed E-state index contributed by atoms with van der Waals surface area (Å²) in [6.45, 7) is 4.75. The number of rotatable bonds is 7. The van der Waals surface area contributed by atoms with Gasteiger partial charge in [0.1, 0.15) is 18.9 Å². The number of nitrogens with zero attached hydrogens (tertiary/aromatic N) is 1. The number of esters is 1. The number of cyclic esters (lactones) is 1. The molecule has 0 unspecified atom stereocenters. The average molecular weight is 373 g/mol. The number of carbonyl (C=O) groups is 3. The first-order valence-electron chi connectivity index (χ1n) is 9.02. The van der Waals surface area contributed by atoms with Gasteiger partial charge >= 0.3 is 12.0 Å². The second kappa shape index (κ2) is 8.11. The molecule has 27 heavy (non-hydrogen) atoms. The third kappa shape index (κ3) is 3.89. The highest BCUT2D eigenvalue weighted by molar-refractivity contribution is 5.98. The van der Waals surface area contributed by atoms with Crippen LogP contribution in [0, 0.1) is 0 Å². The van der Waals surface area contributed by atoms with Crippen molar-refractivity contribution in [3.8, 4) is 5.75 Å². The van der Waals surface area contributed by atoms with Crippen LogP contribution in [0.1, 0.15) is 31.9 Å². The molecule has 0 radical (unpaired) electrons. The molecule has 0 saturated carbocycles. The van der Waals surface area contributed by atoms with Crippen molar-refractivity contribution in [2.75, 3.05) is 26.3 Å². The van der Waals surface area contributed by atoms with Gasteiger partial charge in [0, 0.05) is 6.54 Å². The molecule has 2 N–H and O–H groups in total. The van der Waals surface area contributed by atoms with E-state index in [0.29, 0.717) is 30.2 Å². The lowest BCUT2D eigenvalue weighted by atomic mass is 9.95. The van der Waals surface area contributed by atoms with Gasteiger partial charge in [0.2, 0.25) is 5.91 Å². The number of amides is 3. The Morgan fingerprint density at radius 2 is 2.04 bits per heavy atom. The molecule has 0 fully saturated rings. The molecule has 8 nitrogen and oxygen atoms in total. The van der Waals surface area contributed by atoms with Crippen molar-refractivity contribution in [2.45, 2.75) is 26.3 Å². The first-order chi connectivity index (χ1) is 13.0. The van der Waals surface area contributed by atoms with E-state index in [1.165, 1.54) is 4.90 Å². The molecular weight excluding hydrogens is 350 g/mol. The lowest BCUT2D eigenvalue weighted by Crippen LogP contribution is -2.50. The van der Waals surface area contributed by atoms with Crippen LogP contribution in [0.3, 0.4) is 0 Å². The molecule has 2 aliphatic heterocycles. The van der Waals surface area contributed by atoms with Crippen LogP contribution >= 0.6 is 0 Å². The first kappa shape index (κ1) is 18.8. The minimum absolute atomic E-state index is 0.0177. The molecule has 0 aromatic heterocycles. The van der Waals surface area contributed by atoms with E-state index in [9.17, 15) is 14.4 Å². The van der Waals surface area contributed by atoms with Gasteiger partial charge in [0.05, 0.1) is 23.9 Å². The predicted molar refractivity (Wildman–Crippen MR) is 96.9 cm³/mol. The third-order valence-corrected chi connectivity index (χ3v) is 4.40. The Morgan fingerprint density at radius 3 is 2.70 bits per heavy atom. The average Bonchev–Trinajstić information content (AvgIpc) is 3.05. The van der Waals surface area contributed by atoms with Crippen molar-refractivity contribution in [3.05, 3.63) is 41.1 Å². The topological polar surface area (TPSA) is 97.0 Å². The number of benzene rings is 1. The first-order valence-corrected chi connectivity index (χ1v) is 9.02. The molecule has 1 atom stereocenters. The molecule has 1 aromatic rings. The zero-order chi connectivity index (χ0) is 19.4. The maximum absolute atomic E-state index is 12.6. The van der Waals surface area contributed by atoms with Crippen LogP contribution in [0.2, 0.25) is 0 Å². The zero-order valence-electron chi connectivity index (χ0n) is 15.4. The molecule has 0 spiro atoms. The molecule has 144 valence electrons. The van der Waals surface area contributed by atoms with Crippen LogP contribution in [-0.2, 0) is 14.3 Å². The molecule has 8 heteroatoms. The molecule has 0 aliphatic carbocycles. The Hall–Kier alpha value is -3.03. The van der Waals surface area contributed by atoms with Crippen LogP contribution in [-0.4, -0.2) is 49.1 Å². The smallest absolute Gasteiger partial charge is 0.338 e. The Balaban J connectivity index is 1.86. The highest BCUT2D eigenvalue weighted by Gasteiger charge is 2.42. The molecule has 1 aromatic carbocycles. The van der Waals surface area contributed by atoms with E-state index in [1.54, 1.807) is 24.3 Å². The van der Waals surface area contributed by atoms with Gasteiger partial charge in [-0.05, 0) is 31.0 Å². The molecule has 0 bridgehead atoms. The van der Waals surface area contributed by atoms with Crippen LogP contribution in [0.4, 0.5) is 4.79 Å². The van der Waals surface area contributed by atoms with E-state index in [4.69, 9.17) is 9.47 Å². The second-order valence-corrected chi connectivity index (χ2v) is 6.26. The standard InChI is InChI=1S/C19H23N3O5/c1-3-9-20-15(23)10-22-14-11-27-18(24)16(14)17(21-19(22)25)12-5-7-13(8-6-12)26-4-2/h5-8,17H,3-4,9-11H2,1-2H3,(H,20,23)(H,21,25)/t17-/m1/s1. The van der Waals surface area contributed by atoms with Crippen molar-refractivity contribution in [1.82, 2.24) is 15.5 Å². The summed E-state index contributed by atoms with van der Waals surface area (Å²) in [6.07, 6.45) is 0.799. The van der Waals surface area contributed by atoms with Crippen molar-refractivity contribution < 1.29 is 23.9 Å². The number of carbonyl (C=O) groups excluding carboxylic acids is 3. The summed E-state index contributed by atoms with van der Waals surface area (Å²) in [6, 6.07) is 6.13. The number of ether oxygens (including phenoxy) is 2. The maximum Gasteiger partial charge on any atom is 0.338 e. The van der Waals surface area contributed by atoms with Crippen LogP contribution in [0.5, 0.6) is 5.75 Å². The second-order valence-electron chi connectivity index (χ2n) is 6.26. The van der Waals surface area contributed by atoms with Gasteiger partial charge in [-0.25, -0.2) is 9.59 Å². The van der Waals surface area contributed by atoms with E-state index in [1.807, 2.05) is 13.8 Å². The van der Waals surface area contributed by atoms with Crippen LogP contribution < -0.4 is 15.4 Å². The summed E-state index contributed by atoms with van der Waals surface area (Å²) in [5.41, 5.74) is 1.55. The van der Waals surface area contributed by atoms with Gasteiger partial charge < -0.3 is 20.1 Å². The van der Waals surface area contributed by atoms with E-state index in [0.717, 1.165) is 12.0 Å². The SMILES string of the molecule is CCCNC(=O)CN1C(=O)N[C@H](c2ccc(OCC)cc2)C2=C1COC2=O. The van der Waals surface area contributed by atoms with E-state index >= 15 is 0 Å². The number of hydrogen-bond donors (Lipinski definition) is 2. The van der Waals surface area contributed by atoms with Crippen molar-refractivity contribution >= 4 is 17.9 Å². The monoisotopic (exact) mass is 373 g/mol. The summed E-state index contributed by atoms with van der Waals surface area (Å²) in [5.74, 6) is -0.0543. The van der Waals surface area contributed by atoms with Gasteiger partial charge in [-0.2, -0.15) is 0 Å². The van der Waals surface area contributed by atoms with Gasteiger partial charge in [-0.1, -0.05) is 19.1 Å².